The average Bonchev–Trinajstić information content (AvgIpc) is 2.35. The van der Waals surface area contributed by atoms with E-state index in [0.29, 0.717) is 12.6 Å². The van der Waals surface area contributed by atoms with E-state index in [1.165, 1.54) is 11.1 Å². The summed E-state index contributed by atoms with van der Waals surface area (Å²) in [7, 11) is 0. The lowest BCUT2D eigenvalue weighted by molar-refractivity contribution is -0.0145. The van der Waals surface area contributed by atoms with Crippen molar-refractivity contribution in [3.8, 4) is 5.75 Å². The average molecular weight is 249 g/mol. The van der Waals surface area contributed by atoms with Gasteiger partial charge in [-0.2, -0.15) is 0 Å². The molecule has 2 atom stereocenters. The standard InChI is InChI=1S/C15H23NO2/c1-4-16-13-7-8-17-10-15(13)18-14-6-5-11(2)9-12(14)3/h5-6,9,13,15-16H,4,7-8,10H2,1-3H3. The third kappa shape index (κ3) is 3.24. The Morgan fingerprint density at radius 3 is 2.94 bits per heavy atom. The number of nitrogens with one attached hydrogen (secondary N) is 1. The van der Waals surface area contributed by atoms with Crippen molar-refractivity contribution in [3.63, 3.8) is 0 Å². The van der Waals surface area contributed by atoms with Gasteiger partial charge in [-0.1, -0.05) is 24.6 Å². The van der Waals surface area contributed by atoms with Gasteiger partial charge in [0.15, 0.2) is 0 Å². The Morgan fingerprint density at radius 2 is 2.22 bits per heavy atom. The summed E-state index contributed by atoms with van der Waals surface area (Å²) in [6.07, 6.45) is 1.13. The minimum atomic E-state index is 0.111. The summed E-state index contributed by atoms with van der Waals surface area (Å²) in [5.74, 6) is 0.971. The van der Waals surface area contributed by atoms with E-state index in [-0.39, 0.29) is 6.10 Å². The molecular weight excluding hydrogens is 226 g/mol. The van der Waals surface area contributed by atoms with Crippen LogP contribution in [0.5, 0.6) is 5.75 Å². The van der Waals surface area contributed by atoms with Crippen LogP contribution >= 0.6 is 0 Å². The molecule has 0 spiro atoms. The molecule has 0 radical (unpaired) electrons. The first-order chi connectivity index (χ1) is 8.70. The van der Waals surface area contributed by atoms with Gasteiger partial charge < -0.3 is 14.8 Å². The number of rotatable bonds is 4. The highest BCUT2D eigenvalue weighted by Crippen LogP contribution is 2.22. The van der Waals surface area contributed by atoms with Gasteiger partial charge in [0.25, 0.3) is 0 Å². The van der Waals surface area contributed by atoms with Crippen LogP contribution in [0.4, 0.5) is 0 Å². The summed E-state index contributed by atoms with van der Waals surface area (Å²) in [5.41, 5.74) is 2.46. The van der Waals surface area contributed by atoms with Crippen molar-refractivity contribution in [1.82, 2.24) is 5.32 Å². The highest BCUT2D eigenvalue weighted by molar-refractivity contribution is 5.35. The smallest absolute Gasteiger partial charge is 0.137 e. The molecule has 2 rings (SSSR count). The van der Waals surface area contributed by atoms with Crippen LogP contribution in [-0.2, 0) is 4.74 Å². The number of hydrogen-bond donors (Lipinski definition) is 1. The molecule has 1 aromatic carbocycles. The molecule has 0 aliphatic carbocycles. The second kappa shape index (κ2) is 6.21. The monoisotopic (exact) mass is 249 g/mol. The highest BCUT2D eigenvalue weighted by atomic mass is 16.5. The Bertz CT molecular complexity index is 390. The summed E-state index contributed by atoms with van der Waals surface area (Å²) >= 11 is 0. The normalized spacial score (nSPS) is 23.9. The molecular formula is C15H23NO2. The molecule has 18 heavy (non-hydrogen) atoms. The Labute approximate surface area is 109 Å². The fourth-order valence-electron chi connectivity index (χ4n) is 2.42. The minimum Gasteiger partial charge on any atom is -0.486 e. The maximum absolute atomic E-state index is 6.12. The van der Waals surface area contributed by atoms with Gasteiger partial charge in [0.1, 0.15) is 11.9 Å². The summed E-state index contributed by atoms with van der Waals surface area (Å²) in [6.45, 7) is 8.78. The quantitative estimate of drug-likeness (QED) is 0.889. The second-order valence-corrected chi connectivity index (χ2v) is 4.95. The van der Waals surface area contributed by atoms with Crippen LogP contribution in [0.2, 0.25) is 0 Å². The zero-order chi connectivity index (χ0) is 13.0. The molecule has 2 unspecified atom stereocenters. The molecule has 3 nitrogen and oxygen atoms in total. The number of benzene rings is 1. The fraction of sp³-hybridized carbons (Fsp3) is 0.600. The number of ether oxygens (including phenoxy) is 2. The van der Waals surface area contributed by atoms with Gasteiger partial charge >= 0.3 is 0 Å². The lowest BCUT2D eigenvalue weighted by Crippen LogP contribution is -2.49. The molecule has 1 aliphatic rings. The Balaban J connectivity index is 2.06. The van der Waals surface area contributed by atoms with Gasteiger partial charge in [-0.3, -0.25) is 0 Å². The lowest BCUT2D eigenvalue weighted by Gasteiger charge is -2.32. The molecule has 100 valence electrons. The summed E-state index contributed by atoms with van der Waals surface area (Å²) < 4.78 is 11.6. The zero-order valence-corrected chi connectivity index (χ0v) is 11.5. The molecule has 0 bridgehead atoms. The van der Waals surface area contributed by atoms with E-state index < -0.39 is 0 Å². The molecule has 0 aromatic heterocycles. The Kier molecular flexibility index (Phi) is 4.61. The maximum Gasteiger partial charge on any atom is 0.137 e. The van der Waals surface area contributed by atoms with Gasteiger partial charge in [0, 0.05) is 12.6 Å². The van der Waals surface area contributed by atoms with E-state index in [0.717, 1.165) is 25.3 Å². The fourth-order valence-corrected chi connectivity index (χ4v) is 2.42. The first kappa shape index (κ1) is 13.4. The SMILES string of the molecule is CCNC1CCOCC1Oc1ccc(C)cc1C. The minimum absolute atomic E-state index is 0.111. The largest absolute Gasteiger partial charge is 0.486 e. The van der Waals surface area contributed by atoms with Crippen LogP contribution in [-0.4, -0.2) is 31.9 Å². The van der Waals surface area contributed by atoms with Crippen LogP contribution in [0, 0.1) is 13.8 Å². The molecule has 1 aliphatic heterocycles. The maximum atomic E-state index is 6.12. The number of likely N-dealkylation sites (N-methyl/N-ethyl adjacent to an activating group) is 1. The predicted octanol–water partition coefficient (Wildman–Crippen LogP) is 2.45. The van der Waals surface area contributed by atoms with Gasteiger partial charge in [-0.25, -0.2) is 0 Å². The Hall–Kier alpha value is -1.06. The molecule has 1 aromatic rings. The van der Waals surface area contributed by atoms with Gasteiger partial charge in [-0.05, 0) is 38.4 Å². The van der Waals surface area contributed by atoms with Crippen molar-refractivity contribution in [2.75, 3.05) is 19.8 Å². The van der Waals surface area contributed by atoms with Crippen LogP contribution in [0.1, 0.15) is 24.5 Å². The predicted molar refractivity (Wildman–Crippen MR) is 73.2 cm³/mol. The molecule has 0 saturated carbocycles. The van der Waals surface area contributed by atoms with E-state index in [9.17, 15) is 0 Å². The third-order valence-electron chi connectivity index (χ3n) is 3.38. The Morgan fingerprint density at radius 1 is 1.39 bits per heavy atom. The van der Waals surface area contributed by atoms with E-state index in [2.05, 4.69) is 44.3 Å². The number of hydrogen-bond acceptors (Lipinski definition) is 3. The molecule has 1 fully saturated rings. The molecule has 1 saturated heterocycles. The van der Waals surface area contributed by atoms with E-state index in [1.54, 1.807) is 0 Å². The summed E-state index contributed by atoms with van der Waals surface area (Å²) in [5, 5.41) is 3.48. The van der Waals surface area contributed by atoms with Crippen LogP contribution in [0.25, 0.3) is 0 Å². The zero-order valence-electron chi connectivity index (χ0n) is 11.5. The third-order valence-corrected chi connectivity index (χ3v) is 3.38. The topological polar surface area (TPSA) is 30.5 Å². The van der Waals surface area contributed by atoms with E-state index in [4.69, 9.17) is 9.47 Å². The van der Waals surface area contributed by atoms with E-state index in [1.807, 2.05) is 0 Å². The van der Waals surface area contributed by atoms with Crippen molar-refractivity contribution in [3.05, 3.63) is 29.3 Å². The van der Waals surface area contributed by atoms with Crippen molar-refractivity contribution in [2.24, 2.45) is 0 Å². The highest BCUT2D eigenvalue weighted by Gasteiger charge is 2.27. The van der Waals surface area contributed by atoms with E-state index >= 15 is 0 Å². The molecule has 1 heterocycles. The van der Waals surface area contributed by atoms with Gasteiger partial charge in [0.05, 0.1) is 6.61 Å². The van der Waals surface area contributed by atoms with Gasteiger partial charge in [0.2, 0.25) is 0 Å². The first-order valence-electron chi connectivity index (χ1n) is 6.75. The van der Waals surface area contributed by atoms with Crippen molar-refractivity contribution in [1.29, 1.82) is 0 Å². The van der Waals surface area contributed by atoms with Crippen LogP contribution < -0.4 is 10.1 Å². The second-order valence-electron chi connectivity index (χ2n) is 4.95. The van der Waals surface area contributed by atoms with Crippen LogP contribution in [0.3, 0.4) is 0 Å². The summed E-state index contributed by atoms with van der Waals surface area (Å²) in [6, 6.07) is 6.70. The number of aryl methyl sites for hydroxylation is 2. The van der Waals surface area contributed by atoms with Crippen molar-refractivity contribution < 1.29 is 9.47 Å². The first-order valence-corrected chi connectivity index (χ1v) is 6.75. The van der Waals surface area contributed by atoms with Gasteiger partial charge in [-0.15, -0.1) is 0 Å². The van der Waals surface area contributed by atoms with Crippen molar-refractivity contribution >= 4 is 0 Å². The molecule has 1 N–H and O–H groups in total. The van der Waals surface area contributed by atoms with Crippen molar-refractivity contribution in [2.45, 2.75) is 39.3 Å². The van der Waals surface area contributed by atoms with Crippen LogP contribution in [0.15, 0.2) is 18.2 Å². The molecule has 3 heteroatoms. The lowest BCUT2D eigenvalue weighted by atomic mass is 10.1. The molecule has 0 amide bonds. The summed E-state index contributed by atoms with van der Waals surface area (Å²) in [4.78, 5) is 0.